The molecule has 0 bridgehead atoms. The Kier molecular flexibility index (Phi) is 4.90. The average molecular weight is 241 g/mol. The Bertz CT molecular complexity index is 297. The molecule has 0 aromatic heterocycles. The second kappa shape index (κ2) is 4.99. The summed E-state index contributed by atoms with van der Waals surface area (Å²) >= 11 is 1.53. The highest BCUT2D eigenvalue weighted by atomic mass is 32.2. The van der Waals surface area contributed by atoms with E-state index in [-0.39, 0.29) is 0 Å². The van der Waals surface area contributed by atoms with E-state index in [1.54, 1.807) is 0 Å². The van der Waals surface area contributed by atoms with Crippen molar-refractivity contribution in [3.05, 3.63) is 0 Å². The van der Waals surface area contributed by atoms with Crippen LogP contribution in [0.2, 0.25) is 0 Å². The summed E-state index contributed by atoms with van der Waals surface area (Å²) in [6.45, 7) is 1.46. The fraction of sp³-hybridized carbons (Fsp3) is 0.857. The van der Waals surface area contributed by atoms with Crippen molar-refractivity contribution in [2.45, 2.75) is 18.9 Å². The monoisotopic (exact) mass is 241 g/mol. The van der Waals surface area contributed by atoms with Crippen molar-refractivity contribution in [1.82, 2.24) is 0 Å². The van der Waals surface area contributed by atoms with Crippen molar-refractivity contribution in [2.24, 2.45) is 5.73 Å². The number of thioether (sulfide) groups is 1. The molecule has 14 heavy (non-hydrogen) atoms. The third-order valence-corrected chi connectivity index (χ3v) is 2.59. The summed E-state index contributed by atoms with van der Waals surface area (Å²) in [5.41, 5.74) is 4.36. The van der Waals surface area contributed by atoms with E-state index in [2.05, 4.69) is 4.18 Å². The number of carbonyl (C=O) groups is 1. The third kappa shape index (κ3) is 5.46. The minimum Gasteiger partial charge on any atom is -0.344 e. The van der Waals surface area contributed by atoms with Gasteiger partial charge in [-0.2, -0.15) is 20.2 Å². The minimum absolute atomic E-state index is 0.377. The third-order valence-electron chi connectivity index (χ3n) is 1.52. The molecule has 0 aliphatic carbocycles. The lowest BCUT2D eigenvalue weighted by Gasteiger charge is -2.20. The van der Waals surface area contributed by atoms with Crippen molar-refractivity contribution in [3.63, 3.8) is 0 Å². The Hall–Kier alpha value is -0.270. The molecule has 7 heteroatoms. The van der Waals surface area contributed by atoms with E-state index in [9.17, 15) is 13.2 Å². The number of hydrogen-bond acceptors (Lipinski definition) is 6. The van der Waals surface area contributed by atoms with Gasteiger partial charge in [0.1, 0.15) is 5.54 Å². The van der Waals surface area contributed by atoms with E-state index in [4.69, 9.17) is 5.73 Å². The molecular formula is C7H15NO4S2. The molecule has 0 aromatic carbocycles. The molecule has 1 unspecified atom stereocenters. The van der Waals surface area contributed by atoms with E-state index in [0.717, 1.165) is 6.26 Å². The molecule has 0 heterocycles. The van der Waals surface area contributed by atoms with Crippen LogP contribution in [0.5, 0.6) is 0 Å². The first-order valence-electron chi connectivity index (χ1n) is 3.91. The lowest BCUT2D eigenvalue weighted by Crippen LogP contribution is -2.47. The second-order valence-electron chi connectivity index (χ2n) is 3.24. The molecule has 0 saturated carbocycles. The van der Waals surface area contributed by atoms with Crippen molar-refractivity contribution in [1.29, 1.82) is 0 Å². The zero-order chi connectivity index (χ0) is 11.4. The SMILES string of the molecule is CSCCC(C)(N)C(=O)OS(C)(=O)=O. The van der Waals surface area contributed by atoms with Crippen LogP contribution in [0.15, 0.2) is 0 Å². The number of rotatable bonds is 5. The van der Waals surface area contributed by atoms with Crippen LogP contribution in [-0.2, 0) is 19.1 Å². The Balaban J connectivity index is 4.36. The van der Waals surface area contributed by atoms with Gasteiger partial charge in [-0.05, 0) is 25.4 Å². The number of carbonyl (C=O) groups excluding carboxylic acids is 1. The van der Waals surface area contributed by atoms with E-state index < -0.39 is 21.6 Å². The van der Waals surface area contributed by atoms with Gasteiger partial charge in [0, 0.05) is 0 Å². The van der Waals surface area contributed by atoms with Crippen LogP contribution in [0.4, 0.5) is 0 Å². The van der Waals surface area contributed by atoms with Crippen molar-refractivity contribution >= 4 is 27.8 Å². The predicted octanol–water partition coefficient (Wildman–Crippen LogP) is -0.0403. The molecule has 2 N–H and O–H groups in total. The van der Waals surface area contributed by atoms with E-state index in [1.807, 2.05) is 6.26 Å². The van der Waals surface area contributed by atoms with Crippen molar-refractivity contribution in [2.75, 3.05) is 18.3 Å². The average Bonchev–Trinajstić information content (AvgIpc) is 1.97. The van der Waals surface area contributed by atoms with Gasteiger partial charge in [-0.25, -0.2) is 4.79 Å². The van der Waals surface area contributed by atoms with Gasteiger partial charge in [0.05, 0.1) is 6.26 Å². The molecule has 1 atom stereocenters. The molecule has 0 spiro atoms. The summed E-state index contributed by atoms with van der Waals surface area (Å²) in [4.78, 5) is 11.3. The fourth-order valence-electron chi connectivity index (χ4n) is 0.649. The minimum atomic E-state index is -3.77. The standard InChI is InChI=1S/C7H15NO4S2/c1-7(8,4-5-13-2)6(9)12-14(3,10)11/h4-5,8H2,1-3H3. The second-order valence-corrected chi connectivity index (χ2v) is 5.80. The lowest BCUT2D eigenvalue weighted by molar-refractivity contribution is -0.139. The zero-order valence-electron chi connectivity index (χ0n) is 8.44. The normalized spacial score (nSPS) is 16.0. The van der Waals surface area contributed by atoms with Crippen LogP contribution in [0.25, 0.3) is 0 Å². The van der Waals surface area contributed by atoms with Crippen LogP contribution in [0.3, 0.4) is 0 Å². The molecule has 0 saturated heterocycles. The molecule has 0 rings (SSSR count). The molecule has 0 fully saturated rings. The summed E-state index contributed by atoms with van der Waals surface area (Å²) in [6, 6.07) is 0. The van der Waals surface area contributed by atoms with E-state index in [1.165, 1.54) is 18.7 Å². The van der Waals surface area contributed by atoms with Crippen LogP contribution >= 0.6 is 11.8 Å². The Morgan fingerprint density at radius 2 is 2.07 bits per heavy atom. The molecule has 0 aromatic rings. The maximum absolute atomic E-state index is 11.3. The van der Waals surface area contributed by atoms with Crippen LogP contribution in [-0.4, -0.2) is 38.2 Å². The van der Waals surface area contributed by atoms with Crippen LogP contribution in [0.1, 0.15) is 13.3 Å². The van der Waals surface area contributed by atoms with Gasteiger partial charge in [0.15, 0.2) is 0 Å². The molecule has 0 aliphatic rings. The maximum atomic E-state index is 11.3. The first-order valence-corrected chi connectivity index (χ1v) is 7.12. The van der Waals surface area contributed by atoms with Gasteiger partial charge in [0.2, 0.25) is 0 Å². The summed E-state index contributed by atoms with van der Waals surface area (Å²) in [5.74, 6) is -0.236. The number of hydrogen-bond donors (Lipinski definition) is 1. The van der Waals surface area contributed by atoms with Gasteiger partial charge in [-0.3, -0.25) is 0 Å². The first kappa shape index (κ1) is 13.7. The summed E-state index contributed by atoms with van der Waals surface area (Å²) in [5, 5.41) is 0. The van der Waals surface area contributed by atoms with Gasteiger partial charge >= 0.3 is 16.1 Å². The Labute approximate surface area is 88.5 Å². The Morgan fingerprint density at radius 1 is 1.57 bits per heavy atom. The highest BCUT2D eigenvalue weighted by Gasteiger charge is 2.31. The fourth-order valence-corrected chi connectivity index (χ4v) is 1.74. The zero-order valence-corrected chi connectivity index (χ0v) is 10.1. The van der Waals surface area contributed by atoms with Crippen LogP contribution < -0.4 is 5.73 Å². The molecule has 0 amide bonds. The predicted molar refractivity (Wildman–Crippen MR) is 56.5 cm³/mol. The molecule has 5 nitrogen and oxygen atoms in total. The van der Waals surface area contributed by atoms with Gasteiger partial charge in [0.25, 0.3) is 0 Å². The van der Waals surface area contributed by atoms with Crippen molar-refractivity contribution < 1.29 is 17.4 Å². The lowest BCUT2D eigenvalue weighted by atomic mass is 10.0. The van der Waals surface area contributed by atoms with Gasteiger partial charge < -0.3 is 9.92 Å². The summed E-state index contributed by atoms with van der Waals surface area (Å²) < 4.78 is 25.5. The van der Waals surface area contributed by atoms with E-state index >= 15 is 0 Å². The largest absolute Gasteiger partial charge is 0.344 e. The van der Waals surface area contributed by atoms with Crippen molar-refractivity contribution in [3.8, 4) is 0 Å². The van der Waals surface area contributed by atoms with Crippen LogP contribution in [0, 0.1) is 0 Å². The molecular weight excluding hydrogens is 226 g/mol. The molecule has 0 radical (unpaired) electrons. The highest BCUT2D eigenvalue weighted by Crippen LogP contribution is 2.12. The maximum Gasteiger partial charge on any atom is 0.341 e. The van der Waals surface area contributed by atoms with E-state index in [0.29, 0.717) is 12.2 Å². The molecule has 84 valence electrons. The number of nitrogens with two attached hydrogens (primary N) is 1. The summed E-state index contributed by atoms with van der Waals surface area (Å²) in [6.07, 6.45) is 3.07. The Morgan fingerprint density at radius 3 is 2.43 bits per heavy atom. The molecule has 0 aliphatic heterocycles. The topological polar surface area (TPSA) is 86.5 Å². The first-order chi connectivity index (χ1) is 6.19. The smallest absolute Gasteiger partial charge is 0.341 e. The quantitative estimate of drug-likeness (QED) is 0.680. The summed E-state index contributed by atoms with van der Waals surface area (Å²) in [7, 11) is -3.77. The van der Waals surface area contributed by atoms with Gasteiger partial charge in [-0.1, -0.05) is 0 Å². The van der Waals surface area contributed by atoms with Gasteiger partial charge in [-0.15, -0.1) is 0 Å². The highest BCUT2D eigenvalue weighted by molar-refractivity contribution is 7.98.